The van der Waals surface area contributed by atoms with Crippen LogP contribution in [0.5, 0.6) is 0 Å². The Morgan fingerprint density at radius 3 is 2.77 bits per heavy atom. The van der Waals surface area contributed by atoms with Crippen LogP contribution in [-0.4, -0.2) is 40.2 Å². The summed E-state index contributed by atoms with van der Waals surface area (Å²) in [5.41, 5.74) is 2.89. The SMILES string of the molecule is Cc1nn(-c2ccc(F)cc2F)c(C)c1CNCCCN1CCCC1=O. The van der Waals surface area contributed by atoms with Gasteiger partial charge < -0.3 is 10.2 Å². The minimum atomic E-state index is -0.634. The quantitative estimate of drug-likeness (QED) is 0.771. The lowest BCUT2D eigenvalue weighted by Gasteiger charge is -2.15. The van der Waals surface area contributed by atoms with Gasteiger partial charge in [0.05, 0.1) is 5.69 Å². The molecule has 1 amide bonds. The Balaban J connectivity index is 1.58. The molecule has 0 spiro atoms. The Bertz CT molecular complexity index is 803. The highest BCUT2D eigenvalue weighted by atomic mass is 19.1. The number of benzene rings is 1. The van der Waals surface area contributed by atoms with Crippen LogP contribution in [0.4, 0.5) is 8.78 Å². The topological polar surface area (TPSA) is 50.2 Å². The molecule has 1 saturated heterocycles. The lowest BCUT2D eigenvalue weighted by atomic mass is 10.2. The molecular formula is C19H24F2N4O. The maximum Gasteiger partial charge on any atom is 0.222 e. The first-order valence-corrected chi connectivity index (χ1v) is 8.96. The van der Waals surface area contributed by atoms with Crippen LogP contribution in [0.1, 0.15) is 36.2 Å². The van der Waals surface area contributed by atoms with Gasteiger partial charge >= 0.3 is 0 Å². The first-order chi connectivity index (χ1) is 12.5. The zero-order chi connectivity index (χ0) is 18.7. The molecule has 1 aromatic carbocycles. The fourth-order valence-corrected chi connectivity index (χ4v) is 3.37. The molecule has 0 radical (unpaired) electrons. The van der Waals surface area contributed by atoms with Crippen molar-refractivity contribution in [3.63, 3.8) is 0 Å². The largest absolute Gasteiger partial charge is 0.343 e. The summed E-state index contributed by atoms with van der Waals surface area (Å²) in [5, 5.41) is 7.77. The van der Waals surface area contributed by atoms with Crippen molar-refractivity contribution in [2.45, 2.75) is 39.7 Å². The second kappa shape index (κ2) is 7.95. The third kappa shape index (κ3) is 3.93. The van der Waals surface area contributed by atoms with Crippen LogP contribution in [0.2, 0.25) is 0 Å². The van der Waals surface area contributed by atoms with Crippen LogP contribution in [0.3, 0.4) is 0 Å². The third-order valence-corrected chi connectivity index (χ3v) is 4.83. The van der Waals surface area contributed by atoms with Crippen LogP contribution in [-0.2, 0) is 11.3 Å². The second-order valence-corrected chi connectivity index (χ2v) is 6.67. The summed E-state index contributed by atoms with van der Waals surface area (Å²) in [7, 11) is 0. The molecule has 1 N–H and O–H groups in total. The van der Waals surface area contributed by atoms with Crippen molar-refractivity contribution in [3.05, 3.63) is 46.8 Å². The van der Waals surface area contributed by atoms with Gasteiger partial charge in [-0.2, -0.15) is 5.10 Å². The summed E-state index contributed by atoms with van der Waals surface area (Å²) >= 11 is 0. The van der Waals surface area contributed by atoms with Crippen molar-refractivity contribution < 1.29 is 13.6 Å². The average Bonchev–Trinajstić information content (AvgIpc) is 3.12. The number of carbonyl (C=O) groups excluding carboxylic acids is 1. The van der Waals surface area contributed by atoms with Crippen LogP contribution in [0.25, 0.3) is 5.69 Å². The highest BCUT2D eigenvalue weighted by molar-refractivity contribution is 5.77. The van der Waals surface area contributed by atoms with Crippen LogP contribution in [0, 0.1) is 25.5 Å². The predicted molar refractivity (Wildman–Crippen MR) is 95.1 cm³/mol. The smallest absolute Gasteiger partial charge is 0.222 e. The Kier molecular flexibility index (Phi) is 5.66. The molecular weight excluding hydrogens is 338 g/mol. The number of hydrogen-bond donors (Lipinski definition) is 1. The number of nitrogens with zero attached hydrogens (tertiary/aromatic N) is 3. The molecule has 1 fully saturated rings. The second-order valence-electron chi connectivity index (χ2n) is 6.67. The highest BCUT2D eigenvalue weighted by Crippen LogP contribution is 2.20. The number of halogens is 2. The van der Waals surface area contributed by atoms with E-state index >= 15 is 0 Å². The van der Waals surface area contributed by atoms with Gasteiger partial charge in [0.25, 0.3) is 0 Å². The van der Waals surface area contributed by atoms with Crippen LogP contribution < -0.4 is 5.32 Å². The van der Waals surface area contributed by atoms with E-state index in [1.54, 1.807) is 0 Å². The van der Waals surface area contributed by atoms with Gasteiger partial charge in [0.1, 0.15) is 11.5 Å². The molecule has 1 aliphatic heterocycles. The molecule has 5 nitrogen and oxygen atoms in total. The molecule has 0 atom stereocenters. The minimum Gasteiger partial charge on any atom is -0.343 e. The summed E-state index contributed by atoms with van der Waals surface area (Å²) in [4.78, 5) is 13.5. The Hall–Kier alpha value is -2.28. The maximum atomic E-state index is 14.0. The van der Waals surface area contributed by atoms with Crippen molar-refractivity contribution >= 4 is 5.91 Å². The van der Waals surface area contributed by atoms with E-state index < -0.39 is 11.6 Å². The number of hydrogen-bond acceptors (Lipinski definition) is 3. The van der Waals surface area contributed by atoms with Gasteiger partial charge in [-0.05, 0) is 45.4 Å². The van der Waals surface area contributed by atoms with Crippen molar-refractivity contribution in [2.75, 3.05) is 19.6 Å². The fraction of sp³-hybridized carbons (Fsp3) is 0.474. The van der Waals surface area contributed by atoms with Gasteiger partial charge in [-0.25, -0.2) is 13.5 Å². The van der Waals surface area contributed by atoms with E-state index in [0.29, 0.717) is 13.0 Å². The molecule has 0 bridgehead atoms. The molecule has 0 unspecified atom stereocenters. The average molecular weight is 362 g/mol. The van der Waals surface area contributed by atoms with E-state index in [-0.39, 0.29) is 11.6 Å². The van der Waals surface area contributed by atoms with Gasteiger partial charge in [-0.15, -0.1) is 0 Å². The lowest BCUT2D eigenvalue weighted by Crippen LogP contribution is -2.28. The van der Waals surface area contributed by atoms with Crippen molar-refractivity contribution in [1.82, 2.24) is 20.0 Å². The molecule has 0 aliphatic carbocycles. The number of amides is 1. The van der Waals surface area contributed by atoms with Crippen LogP contribution in [0.15, 0.2) is 18.2 Å². The zero-order valence-electron chi connectivity index (χ0n) is 15.2. The standard InChI is InChI=1S/C19H24F2N4O/c1-13-16(12-22-8-4-10-24-9-3-5-19(24)26)14(2)25(23-13)18-7-6-15(20)11-17(18)21/h6-7,11,22H,3-5,8-10,12H2,1-2H3. The number of aromatic nitrogens is 2. The number of aryl methyl sites for hydroxylation is 1. The van der Waals surface area contributed by atoms with Gasteiger partial charge in [0.2, 0.25) is 5.91 Å². The molecule has 1 aliphatic rings. The molecule has 26 heavy (non-hydrogen) atoms. The summed E-state index contributed by atoms with van der Waals surface area (Å²) in [6.45, 7) is 6.82. The lowest BCUT2D eigenvalue weighted by molar-refractivity contribution is -0.127. The first-order valence-electron chi connectivity index (χ1n) is 8.96. The number of rotatable bonds is 7. The van der Waals surface area contributed by atoms with E-state index in [2.05, 4.69) is 10.4 Å². The maximum absolute atomic E-state index is 14.0. The summed E-state index contributed by atoms with van der Waals surface area (Å²) in [6, 6.07) is 3.49. The van der Waals surface area contributed by atoms with Crippen molar-refractivity contribution in [3.8, 4) is 5.69 Å². The first kappa shape index (κ1) is 18.5. The van der Waals surface area contributed by atoms with Crippen molar-refractivity contribution in [2.24, 2.45) is 0 Å². The molecule has 2 aromatic rings. The number of carbonyl (C=O) groups is 1. The van der Waals surface area contributed by atoms with Gasteiger partial charge in [0, 0.05) is 43.4 Å². The van der Waals surface area contributed by atoms with Gasteiger partial charge in [-0.3, -0.25) is 4.79 Å². The van der Waals surface area contributed by atoms with Gasteiger partial charge in [0.15, 0.2) is 5.82 Å². The van der Waals surface area contributed by atoms with E-state index in [1.807, 2.05) is 18.7 Å². The van der Waals surface area contributed by atoms with Gasteiger partial charge in [-0.1, -0.05) is 0 Å². The monoisotopic (exact) mass is 362 g/mol. The summed E-state index contributed by atoms with van der Waals surface area (Å²) in [5.74, 6) is -0.990. The summed E-state index contributed by atoms with van der Waals surface area (Å²) in [6.07, 6.45) is 2.53. The Morgan fingerprint density at radius 1 is 1.27 bits per heavy atom. The predicted octanol–water partition coefficient (Wildman–Crippen LogP) is 2.87. The third-order valence-electron chi connectivity index (χ3n) is 4.83. The number of likely N-dealkylation sites (tertiary alicyclic amines) is 1. The van der Waals surface area contributed by atoms with Crippen LogP contribution >= 0.6 is 0 Å². The van der Waals surface area contributed by atoms with E-state index in [0.717, 1.165) is 55.5 Å². The Labute approximate surface area is 152 Å². The minimum absolute atomic E-state index is 0.241. The fourth-order valence-electron chi connectivity index (χ4n) is 3.37. The normalized spacial score (nSPS) is 14.5. The zero-order valence-corrected chi connectivity index (χ0v) is 15.2. The van der Waals surface area contributed by atoms with Crippen molar-refractivity contribution in [1.29, 1.82) is 0 Å². The summed E-state index contributed by atoms with van der Waals surface area (Å²) < 4.78 is 28.7. The van der Waals surface area contributed by atoms with E-state index in [4.69, 9.17) is 0 Å². The molecule has 1 aromatic heterocycles. The van der Waals surface area contributed by atoms with E-state index in [1.165, 1.54) is 16.8 Å². The van der Waals surface area contributed by atoms with E-state index in [9.17, 15) is 13.6 Å². The number of nitrogens with one attached hydrogen (secondary N) is 1. The molecule has 140 valence electrons. The molecule has 2 heterocycles. The highest BCUT2D eigenvalue weighted by Gasteiger charge is 2.19. The molecule has 0 saturated carbocycles. The molecule has 7 heteroatoms. The Morgan fingerprint density at radius 2 is 2.08 bits per heavy atom. The molecule has 3 rings (SSSR count).